The summed E-state index contributed by atoms with van der Waals surface area (Å²) in [4.78, 5) is 19.5. The predicted octanol–water partition coefficient (Wildman–Crippen LogP) is 2.99. The Balaban J connectivity index is 1.62. The molecule has 0 saturated carbocycles. The van der Waals surface area contributed by atoms with E-state index in [4.69, 9.17) is 5.73 Å². The number of thioether (sulfide) groups is 1. The third-order valence-corrected chi connectivity index (χ3v) is 7.30. The second-order valence-corrected chi connectivity index (χ2v) is 11.3. The monoisotopic (exact) mass is 470 g/mol. The molecule has 3 rings (SSSR count). The number of β-amino-alcohol motifs (C(OH)–C–C–N with tert-alkyl or cyclic N) is 1. The van der Waals surface area contributed by atoms with E-state index in [-0.39, 0.29) is 23.5 Å². The number of carbonyl (C=O) groups is 1. The molecule has 1 aliphatic rings. The highest BCUT2D eigenvalue weighted by Crippen LogP contribution is 2.30. The van der Waals surface area contributed by atoms with Crippen LogP contribution in [0.2, 0.25) is 0 Å². The minimum Gasteiger partial charge on any atom is -0.390 e. The third kappa shape index (κ3) is 8.41. The van der Waals surface area contributed by atoms with Gasteiger partial charge in [0.05, 0.1) is 12.1 Å². The fourth-order valence-electron chi connectivity index (χ4n) is 4.17. The van der Waals surface area contributed by atoms with Gasteiger partial charge in [-0.15, -0.1) is 0 Å². The lowest BCUT2D eigenvalue weighted by molar-refractivity contribution is -0.129. The second-order valence-electron chi connectivity index (χ2n) is 9.99. The lowest BCUT2D eigenvalue weighted by Gasteiger charge is -2.41. The van der Waals surface area contributed by atoms with Crippen LogP contribution in [0, 0.1) is 0 Å². The van der Waals surface area contributed by atoms with Gasteiger partial charge in [0, 0.05) is 48.1 Å². The summed E-state index contributed by atoms with van der Waals surface area (Å²) in [6.45, 7) is 7.16. The maximum Gasteiger partial charge on any atom is 0.237 e. The Morgan fingerprint density at radius 2 is 1.97 bits per heavy atom. The van der Waals surface area contributed by atoms with Crippen LogP contribution in [0.4, 0.5) is 0 Å². The van der Waals surface area contributed by atoms with Crippen molar-refractivity contribution in [2.24, 2.45) is 5.73 Å². The van der Waals surface area contributed by atoms with Gasteiger partial charge in [-0.2, -0.15) is 11.8 Å². The van der Waals surface area contributed by atoms with Crippen molar-refractivity contribution >= 4 is 17.7 Å². The minimum absolute atomic E-state index is 0.0259. The Bertz CT molecular complexity index is 860. The third-order valence-electron chi connectivity index (χ3n) is 5.90. The van der Waals surface area contributed by atoms with E-state index in [1.54, 1.807) is 6.20 Å². The zero-order valence-electron chi connectivity index (χ0n) is 20.0. The summed E-state index contributed by atoms with van der Waals surface area (Å²) < 4.78 is 0. The highest BCUT2D eigenvalue weighted by Gasteiger charge is 2.36. The molecular weight excluding hydrogens is 432 g/mol. The number of piperidine rings is 1. The first-order chi connectivity index (χ1) is 15.7. The van der Waals surface area contributed by atoms with Crippen molar-refractivity contribution in [3.8, 4) is 0 Å². The fourth-order valence-corrected chi connectivity index (χ4v) is 5.36. The Labute approximate surface area is 202 Å². The van der Waals surface area contributed by atoms with Crippen LogP contribution in [0.5, 0.6) is 0 Å². The Kier molecular flexibility index (Phi) is 9.32. The highest BCUT2D eigenvalue weighted by atomic mass is 32.2. The van der Waals surface area contributed by atoms with Gasteiger partial charge in [0.15, 0.2) is 0 Å². The van der Waals surface area contributed by atoms with Gasteiger partial charge in [-0.05, 0) is 57.2 Å². The molecule has 180 valence electrons. The number of rotatable bonds is 9. The summed E-state index contributed by atoms with van der Waals surface area (Å²) in [7, 11) is 0. The largest absolute Gasteiger partial charge is 0.390 e. The topological polar surface area (TPSA) is 91.5 Å². The zero-order chi connectivity index (χ0) is 23.8. The normalized spacial score (nSPS) is 21.4. The lowest BCUT2D eigenvalue weighted by atomic mass is 9.96. The molecule has 0 bridgehead atoms. The summed E-state index contributed by atoms with van der Waals surface area (Å²) in [5.74, 6) is 0.912. The predicted molar refractivity (Wildman–Crippen MR) is 136 cm³/mol. The van der Waals surface area contributed by atoms with E-state index in [1.165, 1.54) is 5.56 Å². The van der Waals surface area contributed by atoms with Crippen LogP contribution >= 0.6 is 11.8 Å². The number of hydrogen-bond acceptors (Lipinski definition) is 6. The molecule has 0 spiro atoms. The molecule has 1 amide bonds. The minimum atomic E-state index is -0.699. The van der Waals surface area contributed by atoms with Gasteiger partial charge >= 0.3 is 0 Å². The molecule has 1 aromatic carbocycles. The molecule has 0 aliphatic carbocycles. The Hall–Kier alpha value is -1.93. The molecular formula is C26H38N4O2S. The van der Waals surface area contributed by atoms with Gasteiger partial charge in [-0.1, -0.05) is 36.4 Å². The van der Waals surface area contributed by atoms with Crippen LogP contribution < -0.4 is 11.1 Å². The molecule has 2 heterocycles. The maximum absolute atomic E-state index is 13.2. The van der Waals surface area contributed by atoms with Crippen LogP contribution in [-0.2, 0) is 17.0 Å². The average Bonchev–Trinajstić information content (AvgIpc) is 2.78. The van der Waals surface area contributed by atoms with Crippen molar-refractivity contribution in [2.75, 3.05) is 13.1 Å². The van der Waals surface area contributed by atoms with Crippen molar-refractivity contribution in [3.63, 3.8) is 0 Å². The van der Waals surface area contributed by atoms with E-state index in [1.807, 2.05) is 75.1 Å². The number of hydrogen-bond donors (Lipinski definition) is 3. The van der Waals surface area contributed by atoms with E-state index < -0.39 is 6.10 Å². The number of aliphatic hydroxyl groups excluding tert-OH is 1. The molecule has 1 fully saturated rings. The molecule has 0 radical (unpaired) electrons. The number of pyridine rings is 1. The van der Waals surface area contributed by atoms with Gasteiger partial charge in [0.2, 0.25) is 5.91 Å². The quantitative estimate of drug-likeness (QED) is 0.522. The van der Waals surface area contributed by atoms with Crippen molar-refractivity contribution in [3.05, 3.63) is 66.0 Å². The number of aliphatic hydroxyl groups is 1. The SMILES string of the molecule is CC(C)(C)NC(=O)C1C[C@H](SCc2cccnc2)CCN1CC(O)[C@@H](N)Cc1ccccc1. The molecule has 1 aromatic heterocycles. The zero-order valence-corrected chi connectivity index (χ0v) is 20.8. The maximum atomic E-state index is 13.2. The molecule has 2 unspecified atom stereocenters. The molecule has 33 heavy (non-hydrogen) atoms. The molecule has 4 atom stereocenters. The lowest BCUT2D eigenvalue weighted by Crippen LogP contribution is -2.58. The number of carbonyl (C=O) groups excluding carboxylic acids is 1. The summed E-state index contributed by atoms with van der Waals surface area (Å²) >= 11 is 1.88. The standard InChI is InChI=1S/C26H38N4O2S/c1-26(2,3)29-25(32)23-15-21(33-18-20-10-7-12-28-16-20)11-13-30(23)17-24(31)22(27)14-19-8-5-4-6-9-19/h4-10,12,16,21-24,31H,11,13-15,17-18,27H2,1-3H3,(H,29,32)/t21-,22+,23?,24?/m1/s1. The number of benzene rings is 1. The van der Waals surface area contributed by atoms with Gasteiger partial charge in [-0.3, -0.25) is 14.7 Å². The van der Waals surface area contributed by atoms with E-state index >= 15 is 0 Å². The van der Waals surface area contributed by atoms with Gasteiger partial charge in [0.1, 0.15) is 0 Å². The number of likely N-dealkylation sites (tertiary alicyclic amines) is 1. The van der Waals surface area contributed by atoms with E-state index in [0.717, 1.165) is 30.7 Å². The first kappa shape index (κ1) is 25.7. The summed E-state index contributed by atoms with van der Waals surface area (Å²) in [6.07, 6.45) is 5.33. The molecule has 7 heteroatoms. The van der Waals surface area contributed by atoms with Crippen LogP contribution in [0.15, 0.2) is 54.9 Å². The highest BCUT2D eigenvalue weighted by molar-refractivity contribution is 7.99. The number of amides is 1. The van der Waals surface area contributed by atoms with E-state index in [0.29, 0.717) is 18.2 Å². The van der Waals surface area contributed by atoms with Crippen LogP contribution in [0.3, 0.4) is 0 Å². The second kappa shape index (κ2) is 12.0. The number of nitrogens with two attached hydrogens (primary N) is 1. The van der Waals surface area contributed by atoms with Crippen LogP contribution in [0.1, 0.15) is 44.7 Å². The molecule has 4 N–H and O–H groups in total. The van der Waals surface area contributed by atoms with Crippen molar-refractivity contribution < 1.29 is 9.90 Å². The summed E-state index contributed by atoms with van der Waals surface area (Å²) in [6, 6.07) is 13.4. The van der Waals surface area contributed by atoms with E-state index in [2.05, 4.69) is 21.3 Å². The fraction of sp³-hybridized carbons (Fsp3) is 0.538. The smallest absolute Gasteiger partial charge is 0.237 e. The first-order valence-electron chi connectivity index (χ1n) is 11.8. The molecule has 2 aromatic rings. The van der Waals surface area contributed by atoms with Crippen LogP contribution in [-0.4, -0.2) is 63.0 Å². The summed E-state index contributed by atoms with van der Waals surface area (Å²) in [5, 5.41) is 14.4. The van der Waals surface area contributed by atoms with Gasteiger partial charge < -0.3 is 16.2 Å². The van der Waals surface area contributed by atoms with E-state index in [9.17, 15) is 9.90 Å². The van der Waals surface area contributed by atoms with Gasteiger partial charge in [-0.25, -0.2) is 0 Å². The Morgan fingerprint density at radius 3 is 2.64 bits per heavy atom. The van der Waals surface area contributed by atoms with Crippen molar-refractivity contribution in [1.29, 1.82) is 0 Å². The molecule has 1 saturated heterocycles. The number of nitrogens with zero attached hydrogens (tertiary/aromatic N) is 2. The van der Waals surface area contributed by atoms with Crippen molar-refractivity contribution in [1.82, 2.24) is 15.2 Å². The van der Waals surface area contributed by atoms with Crippen molar-refractivity contribution in [2.45, 2.75) is 74.8 Å². The number of nitrogens with one attached hydrogen (secondary N) is 1. The summed E-state index contributed by atoms with van der Waals surface area (Å²) in [5.41, 5.74) is 8.34. The average molecular weight is 471 g/mol. The van der Waals surface area contributed by atoms with Gasteiger partial charge in [0.25, 0.3) is 0 Å². The molecule has 1 aliphatic heterocycles. The Morgan fingerprint density at radius 1 is 1.24 bits per heavy atom. The number of aromatic nitrogens is 1. The molecule has 6 nitrogen and oxygen atoms in total. The first-order valence-corrected chi connectivity index (χ1v) is 12.8. The van der Waals surface area contributed by atoms with Crippen LogP contribution in [0.25, 0.3) is 0 Å².